The highest BCUT2D eigenvalue weighted by atomic mass is 19.3. The van der Waals surface area contributed by atoms with Gasteiger partial charge in [0.2, 0.25) is 5.91 Å². The zero-order chi connectivity index (χ0) is 25.2. The van der Waals surface area contributed by atoms with Crippen LogP contribution in [0.25, 0.3) is 11.1 Å². The average molecular weight is 488 g/mol. The number of carbonyl (C=O) groups is 3. The lowest BCUT2D eigenvalue weighted by atomic mass is 9.93. The van der Waals surface area contributed by atoms with Crippen LogP contribution in [0, 0.1) is 5.92 Å². The van der Waals surface area contributed by atoms with Crippen LogP contribution in [-0.2, 0) is 14.3 Å². The van der Waals surface area contributed by atoms with E-state index in [0.29, 0.717) is 0 Å². The molecule has 0 bridgehead atoms. The van der Waals surface area contributed by atoms with Gasteiger partial charge in [-0.05, 0) is 22.3 Å². The molecule has 186 valence electrons. The Labute approximate surface area is 200 Å². The smallest absolute Gasteiger partial charge is 0.407 e. The van der Waals surface area contributed by atoms with Crippen molar-refractivity contribution < 1.29 is 38.1 Å². The van der Waals surface area contributed by atoms with E-state index < -0.39 is 61.8 Å². The predicted molar refractivity (Wildman–Crippen MR) is 121 cm³/mol. The van der Waals surface area contributed by atoms with E-state index in [1.54, 1.807) is 0 Å². The van der Waals surface area contributed by atoms with Gasteiger partial charge in [0.15, 0.2) is 0 Å². The summed E-state index contributed by atoms with van der Waals surface area (Å²) >= 11 is 0. The Balaban J connectivity index is 1.42. The topological polar surface area (TPSA) is 116 Å². The standard InChI is InChI=1S/C25H26F2N2O6/c26-25(27)9-10-29(12-15(25)13-30)23(33)21(11-22(31)32)28-24(34)35-14-20-18-7-3-1-5-16(18)17-6-2-4-8-19(17)20/h1-8,15,20-21,30H,9-14H2,(H,28,34)(H,31,32). The van der Waals surface area contributed by atoms with Crippen molar-refractivity contribution in [3.8, 4) is 11.1 Å². The first-order chi connectivity index (χ1) is 16.7. The van der Waals surface area contributed by atoms with Crippen molar-refractivity contribution in [1.82, 2.24) is 10.2 Å². The highest BCUT2D eigenvalue weighted by Crippen LogP contribution is 2.44. The molecule has 1 aliphatic heterocycles. The second-order valence-corrected chi connectivity index (χ2v) is 8.80. The first-order valence-corrected chi connectivity index (χ1v) is 11.3. The Morgan fingerprint density at radius 3 is 2.26 bits per heavy atom. The maximum Gasteiger partial charge on any atom is 0.407 e. The first-order valence-electron chi connectivity index (χ1n) is 11.3. The number of ether oxygens (including phenoxy) is 1. The van der Waals surface area contributed by atoms with Gasteiger partial charge in [0.1, 0.15) is 12.6 Å². The molecule has 0 saturated carbocycles. The van der Waals surface area contributed by atoms with Crippen molar-refractivity contribution in [1.29, 1.82) is 0 Å². The Morgan fingerprint density at radius 2 is 1.69 bits per heavy atom. The SMILES string of the molecule is O=C(O)CC(NC(=O)OCC1c2ccccc2-c2ccccc21)C(=O)N1CCC(F)(F)C(CO)C1. The van der Waals surface area contributed by atoms with E-state index in [2.05, 4.69) is 5.32 Å². The molecule has 2 aromatic carbocycles. The maximum atomic E-state index is 13.9. The molecule has 0 radical (unpaired) electrons. The number of fused-ring (bicyclic) bond motifs is 3. The van der Waals surface area contributed by atoms with Crippen molar-refractivity contribution in [2.45, 2.75) is 30.7 Å². The monoisotopic (exact) mass is 488 g/mol. The molecule has 10 heteroatoms. The fourth-order valence-corrected chi connectivity index (χ4v) is 4.75. The number of likely N-dealkylation sites (tertiary alicyclic amines) is 1. The first kappa shape index (κ1) is 24.6. The maximum absolute atomic E-state index is 13.9. The third kappa shape index (κ3) is 5.12. The summed E-state index contributed by atoms with van der Waals surface area (Å²) in [6, 6.07) is 14.0. The van der Waals surface area contributed by atoms with E-state index in [4.69, 9.17) is 4.74 Å². The molecule has 1 fully saturated rings. The number of aliphatic hydroxyl groups is 1. The van der Waals surface area contributed by atoms with Crippen molar-refractivity contribution in [3.05, 3.63) is 59.7 Å². The van der Waals surface area contributed by atoms with Gasteiger partial charge >= 0.3 is 12.1 Å². The Bertz CT molecular complexity index is 1080. The highest BCUT2D eigenvalue weighted by Gasteiger charge is 2.45. The molecular formula is C25H26F2N2O6. The van der Waals surface area contributed by atoms with E-state index >= 15 is 0 Å². The van der Waals surface area contributed by atoms with E-state index in [9.17, 15) is 33.4 Å². The molecular weight excluding hydrogens is 462 g/mol. The summed E-state index contributed by atoms with van der Waals surface area (Å²) in [5, 5.41) is 20.8. The molecule has 0 aromatic heterocycles. The predicted octanol–water partition coefficient (Wildman–Crippen LogP) is 2.84. The van der Waals surface area contributed by atoms with Gasteiger partial charge in [0.25, 0.3) is 5.92 Å². The fourth-order valence-electron chi connectivity index (χ4n) is 4.75. The molecule has 3 N–H and O–H groups in total. The summed E-state index contributed by atoms with van der Waals surface area (Å²) in [7, 11) is 0. The molecule has 2 aliphatic rings. The number of amides is 2. The van der Waals surface area contributed by atoms with Gasteiger partial charge in [-0.15, -0.1) is 0 Å². The number of nitrogens with one attached hydrogen (secondary N) is 1. The normalized spacial score (nSPS) is 19.4. The zero-order valence-electron chi connectivity index (χ0n) is 18.8. The molecule has 2 atom stereocenters. The molecule has 0 spiro atoms. The summed E-state index contributed by atoms with van der Waals surface area (Å²) in [5.41, 5.74) is 4.06. The van der Waals surface area contributed by atoms with Crippen molar-refractivity contribution in [2.75, 3.05) is 26.3 Å². The van der Waals surface area contributed by atoms with Gasteiger partial charge < -0.3 is 25.2 Å². The molecule has 1 heterocycles. The lowest BCUT2D eigenvalue weighted by molar-refractivity contribution is -0.153. The molecule has 1 saturated heterocycles. The second kappa shape index (κ2) is 9.99. The number of carbonyl (C=O) groups excluding carboxylic acids is 2. The third-order valence-electron chi connectivity index (χ3n) is 6.60. The van der Waals surface area contributed by atoms with E-state index in [-0.39, 0.29) is 19.1 Å². The summed E-state index contributed by atoms with van der Waals surface area (Å²) in [5.74, 6) is -6.97. The molecule has 2 amide bonds. The number of aliphatic hydroxyl groups excluding tert-OH is 1. The van der Waals surface area contributed by atoms with Crippen LogP contribution >= 0.6 is 0 Å². The number of alkyl carbamates (subject to hydrolysis) is 1. The number of aliphatic carboxylic acids is 1. The van der Waals surface area contributed by atoms with Gasteiger partial charge in [0, 0.05) is 25.4 Å². The lowest BCUT2D eigenvalue weighted by Gasteiger charge is -2.38. The number of rotatable bonds is 7. The van der Waals surface area contributed by atoms with Crippen molar-refractivity contribution >= 4 is 18.0 Å². The van der Waals surface area contributed by atoms with Crippen LogP contribution < -0.4 is 5.32 Å². The van der Waals surface area contributed by atoms with Crippen molar-refractivity contribution in [3.63, 3.8) is 0 Å². The summed E-state index contributed by atoms with van der Waals surface area (Å²) < 4.78 is 33.2. The van der Waals surface area contributed by atoms with Crippen LogP contribution in [0.5, 0.6) is 0 Å². The minimum atomic E-state index is -3.13. The number of halogens is 2. The number of benzene rings is 2. The molecule has 4 rings (SSSR count). The summed E-state index contributed by atoms with van der Waals surface area (Å²) in [6.07, 6.45) is -2.37. The van der Waals surface area contributed by atoms with Gasteiger partial charge in [0.05, 0.1) is 18.9 Å². The summed E-state index contributed by atoms with van der Waals surface area (Å²) in [4.78, 5) is 37.8. The molecule has 2 aromatic rings. The number of alkyl halides is 2. The number of carboxylic acid groups (broad SMARTS) is 1. The number of piperidine rings is 1. The van der Waals surface area contributed by atoms with Crippen LogP contribution in [0.1, 0.15) is 29.9 Å². The molecule has 2 unspecified atom stereocenters. The van der Waals surface area contributed by atoms with Gasteiger partial charge in [-0.3, -0.25) is 9.59 Å². The van der Waals surface area contributed by atoms with E-state index in [1.807, 2.05) is 48.5 Å². The van der Waals surface area contributed by atoms with Crippen LogP contribution in [0.4, 0.5) is 13.6 Å². The summed E-state index contributed by atoms with van der Waals surface area (Å²) in [6.45, 7) is -1.60. The number of carboxylic acids is 1. The highest BCUT2D eigenvalue weighted by molar-refractivity contribution is 5.89. The lowest BCUT2D eigenvalue weighted by Crippen LogP contribution is -2.56. The zero-order valence-corrected chi connectivity index (χ0v) is 18.8. The van der Waals surface area contributed by atoms with Gasteiger partial charge in [-0.1, -0.05) is 48.5 Å². The minimum Gasteiger partial charge on any atom is -0.481 e. The van der Waals surface area contributed by atoms with Crippen LogP contribution in [0.2, 0.25) is 0 Å². The number of hydrogen-bond acceptors (Lipinski definition) is 5. The van der Waals surface area contributed by atoms with E-state index in [0.717, 1.165) is 27.2 Å². The Kier molecular flexibility index (Phi) is 7.02. The van der Waals surface area contributed by atoms with Crippen LogP contribution in [0.3, 0.4) is 0 Å². The van der Waals surface area contributed by atoms with E-state index in [1.165, 1.54) is 0 Å². The number of nitrogens with zero attached hydrogens (tertiary/aromatic N) is 1. The van der Waals surface area contributed by atoms with Crippen LogP contribution in [-0.4, -0.2) is 71.4 Å². The second-order valence-electron chi connectivity index (χ2n) is 8.80. The largest absolute Gasteiger partial charge is 0.481 e. The van der Waals surface area contributed by atoms with Gasteiger partial charge in [-0.25, -0.2) is 13.6 Å². The molecule has 35 heavy (non-hydrogen) atoms. The number of hydrogen-bond donors (Lipinski definition) is 3. The fraction of sp³-hybridized carbons (Fsp3) is 0.400. The third-order valence-corrected chi connectivity index (χ3v) is 6.60. The Morgan fingerprint density at radius 1 is 1.09 bits per heavy atom. The average Bonchev–Trinajstić information content (AvgIpc) is 3.15. The van der Waals surface area contributed by atoms with Crippen LogP contribution in [0.15, 0.2) is 48.5 Å². The quantitative estimate of drug-likeness (QED) is 0.552. The minimum absolute atomic E-state index is 0.0314. The molecule has 8 nitrogen and oxygen atoms in total. The van der Waals surface area contributed by atoms with Crippen molar-refractivity contribution in [2.24, 2.45) is 5.92 Å². The Hall–Kier alpha value is -3.53. The van der Waals surface area contributed by atoms with Gasteiger partial charge in [-0.2, -0.15) is 0 Å². The molecule has 1 aliphatic carbocycles.